The number of hydrogen-bond acceptors (Lipinski definition) is 2. The van der Waals surface area contributed by atoms with Crippen molar-refractivity contribution >= 4 is 6.03 Å². The van der Waals surface area contributed by atoms with E-state index < -0.39 is 0 Å². The Morgan fingerprint density at radius 3 is 2.65 bits per heavy atom. The molecule has 0 bridgehead atoms. The van der Waals surface area contributed by atoms with Crippen LogP contribution < -0.4 is 5.32 Å². The highest BCUT2D eigenvalue weighted by Crippen LogP contribution is 2.34. The highest BCUT2D eigenvalue weighted by Gasteiger charge is 2.29. The van der Waals surface area contributed by atoms with E-state index in [2.05, 4.69) is 29.6 Å². The van der Waals surface area contributed by atoms with Gasteiger partial charge in [-0.1, -0.05) is 49.6 Å². The molecule has 1 aliphatic carbocycles. The number of carbonyl (C=O) groups is 1. The number of amides is 2. The number of carbonyl (C=O) groups excluding carboxylic acids is 1. The van der Waals surface area contributed by atoms with Crippen LogP contribution in [-0.2, 0) is 4.74 Å². The molecule has 4 heteroatoms. The molecule has 1 heterocycles. The molecule has 2 atom stereocenters. The Kier molecular flexibility index (Phi) is 5.55. The third-order valence-corrected chi connectivity index (χ3v) is 5.09. The van der Waals surface area contributed by atoms with E-state index in [1.807, 2.05) is 17.9 Å². The van der Waals surface area contributed by atoms with E-state index in [9.17, 15) is 4.79 Å². The molecule has 126 valence electrons. The van der Waals surface area contributed by atoms with Gasteiger partial charge in [-0.15, -0.1) is 0 Å². The summed E-state index contributed by atoms with van der Waals surface area (Å²) < 4.78 is 5.54. The van der Waals surface area contributed by atoms with Gasteiger partial charge < -0.3 is 15.0 Å². The maximum Gasteiger partial charge on any atom is 0.318 e. The highest BCUT2D eigenvalue weighted by molar-refractivity contribution is 5.75. The van der Waals surface area contributed by atoms with Gasteiger partial charge in [-0.2, -0.15) is 0 Å². The van der Waals surface area contributed by atoms with Crippen LogP contribution in [0.5, 0.6) is 0 Å². The second-order valence-electron chi connectivity index (χ2n) is 6.86. The lowest BCUT2D eigenvalue weighted by molar-refractivity contribution is -0.00428. The van der Waals surface area contributed by atoms with Gasteiger partial charge in [0.2, 0.25) is 0 Å². The second kappa shape index (κ2) is 7.82. The minimum absolute atomic E-state index is 0.0552. The Hall–Kier alpha value is -1.55. The van der Waals surface area contributed by atoms with Crippen LogP contribution in [0.2, 0.25) is 0 Å². The molecule has 23 heavy (non-hydrogen) atoms. The lowest BCUT2D eigenvalue weighted by Gasteiger charge is -2.36. The standard InChI is InChI=1S/C19H28N2O2/c1-15-14-21(12-13-23-15)19(22)20-18(16-8-4-2-5-9-16)17-10-6-3-7-11-17/h2,4-5,8-9,15,17-18H,3,6-7,10-14H2,1H3,(H,20,22). The van der Waals surface area contributed by atoms with Crippen molar-refractivity contribution in [3.8, 4) is 0 Å². The molecule has 1 saturated heterocycles. The third kappa shape index (κ3) is 4.25. The molecule has 0 radical (unpaired) electrons. The number of benzene rings is 1. The Morgan fingerprint density at radius 1 is 1.22 bits per heavy atom. The summed E-state index contributed by atoms with van der Waals surface area (Å²) in [6.45, 7) is 4.02. The van der Waals surface area contributed by atoms with Gasteiger partial charge in [0.25, 0.3) is 0 Å². The molecule has 1 saturated carbocycles. The summed E-state index contributed by atoms with van der Waals surface area (Å²) in [7, 11) is 0. The SMILES string of the molecule is CC1CN(C(=O)NC(c2ccccc2)C2CCCCC2)CCO1. The zero-order chi connectivity index (χ0) is 16.1. The van der Waals surface area contributed by atoms with Crippen LogP contribution in [0.1, 0.15) is 50.6 Å². The minimum atomic E-state index is 0.0552. The van der Waals surface area contributed by atoms with Crippen LogP contribution in [0.25, 0.3) is 0 Å². The van der Waals surface area contributed by atoms with E-state index in [1.165, 1.54) is 37.7 Å². The molecule has 2 aliphatic rings. The number of ether oxygens (including phenoxy) is 1. The largest absolute Gasteiger partial charge is 0.375 e. The molecule has 4 nitrogen and oxygen atoms in total. The smallest absolute Gasteiger partial charge is 0.318 e. The minimum Gasteiger partial charge on any atom is -0.375 e. The molecular formula is C19H28N2O2. The summed E-state index contributed by atoms with van der Waals surface area (Å²) >= 11 is 0. The summed E-state index contributed by atoms with van der Waals surface area (Å²) in [4.78, 5) is 14.6. The van der Waals surface area contributed by atoms with E-state index >= 15 is 0 Å². The fourth-order valence-electron chi connectivity index (χ4n) is 3.83. The van der Waals surface area contributed by atoms with Crippen LogP contribution in [-0.4, -0.2) is 36.7 Å². The Balaban J connectivity index is 1.71. The normalized spacial score (nSPS) is 24.2. The number of nitrogens with zero attached hydrogens (tertiary/aromatic N) is 1. The predicted molar refractivity (Wildman–Crippen MR) is 91.3 cm³/mol. The molecule has 1 aromatic carbocycles. The number of nitrogens with one attached hydrogen (secondary N) is 1. The fourth-order valence-corrected chi connectivity index (χ4v) is 3.83. The lowest BCUT2D eigenvalue weighted by atomic mass is 9.81. The van der Waals surface area contributed by atoms with Crippen molar-refractivity contribution in [1.29, 1.82) is 0 Å². The van der Waals surface area contributed by atoms with Crippen molar-refractivity contribution in [3.05, 3.63) is 35.9 Å². The molecule has 1 aromatic rings. The van der Waals surface area contributed by atoms with E-state index in [1.54, 1.807) is 0 Å². The lowest BCUT2D eigenvalue weighted by Crippen LogP contribution is -2.50. The van der Waals surface area contributed by atoms with Crippen molar-refractivity contribution in [1.82, 2.24) is 10.2 Å². The van der Waals surface area contributed by atoms with Crippen molar-refractivity contribution in [3.63, 3.8) is 0 Å². The fraction of sp³-hybridized carbons (Fsp3) is 0.632. The van der Waals surface area contributed by atoms with E-state index in [-0.39, 0.29) is 18.2 Å². The molecule has 0 aromatic heterocycles. The first-order valence-electron chi connectivity index (χ1n) is 8.96. The second-order valence-corrected chi connectivity index (χ2v) is 6.86. The predicted octanol–water partition coefficient (Wildman–Crippen LogP) is 3.74. The summed E-state index contributed by atoms with van der Waals surface area (Å²) in [5.41, 5.74) is 1.23. The van der Waals surface area contributed by atoms with Gasteiger partial charge >= 0.3 is 6.03 Å². The Bertz CT molecular complexity index is 499. The summed E-state index contributed by atoms with van der Waals surface area (Å²) in [6, 6.07) is 10.6. The van der Waals surface area contributed by atoms with Crippen molar-refractivity contribution < 1.29 is 9.53 Å². The van der Waals surface area contributed by atoms with Gasteiger partial charge in [0.1, 0.15) is 0 Å². The number of hydrogen-bond donors (Lipinski definition) is 1. The Morgan fingerprint density at radius 2 is 1.96 bits per heavy atom. The van der Waals surface area contributed by atoms with Crippen molar-refractivity contribution in [2.45, 2.75) is 51.2 Å². The maximum absolute atomic E-state index is 12.7. The maximum atomic E-state index is 12.7. The van der Waals surface area contributed by atoms with Crippen LogP contribution in [0.4, 0.5) is 4.79 Å². The van der Waals surface area contributed by atoms with Crippen molar-refractivity contribution in [2.24, 2.45) is 5.92 Å². The molecule has 1 aliphatic heterocycles. The molecule has 2 fully saturated rings. The zero-order valence-electron chi connectivity index (χ0n) is 14.0. The molecular weight excluding hydrogens is 288 g/mol. The first-order valence-corrected chi connectivity index (χ1v) is 8.96. The summed E-state index contributed by atoms with van der Waals surface area (Å²) in [6.07, 6.45) is 6.42. The van der Waals surface area contributed by atoms with Gasteiger partial charge in [0.15, 0.2) is 0 Å². The summed E-state index contributed by atoms with van der Waals surface area (Å²) in [5, 5.41) is 3.32. The van der Waals surface area contributed by atoms with E-state index in [0.29, 0.717) is 25.6 Å². The molecule has 1 N–H and O–H groups in total. The first kappa shape index (κ1) is 16.3. The van der Waals surface area contributed by atoms with Gasteiger partial charge in [-0.25, -0.2) is 4.79 Å². The van der Waals surface area contributed by atoms with Gasteiger partial charge in [-0.3, -0.25) is 0 Å². The third-order valence-electron chi connectivity index (χ3n) is 5.09. The summed E-state index contributed by atoms with van der Waals surface area (Å²) in [5.74, 6) is 0.550. The van der Waals surface area contributed by atoms with Crippen molar-refractivity contribution in [2.75, 3.05) is 19.7 Å². The number of urea groups is 1. The van der Waals surface area contributed by atoms with Gasteiger partial charge in [0.05, 0.1) is 18.8 Å². The van der Waals surface area contributed by atoms with Crippen LogP contribution in [0.3, 0.4) is 0 Å². The van der Waals surface area contributed by atoms with Crippen LogP contribution >= 0.6 is 0 Å². The molecule has 0 spiro atoms. The Labute approximate surface area is 139 Å². The molecule has 2 unspecified atom stereocenters. The van der Waals surface area contributed by atoms with E-state index in [0.717, 1.165) is 0 Å². The number of morpholine rings is 1. The highest BCUT2D eigenvalue weighted by atomic mass is 16.5. The molecule has 2 amide bonds. The van der Waals surface area contributed by atoms with Crippen LogP contribution in [0.15, 0.2) is 30.3 Å². The topological polar surface area (TPSA) is 41.6 Å². The van der Waals surface area contributed by atoms with Crippen LogP contribution in [0, 0.1) is 5.92 Å². The van der Waals surface area contributed by atoms with E-state index in [4.69, 9.17) is 4.74 Å². The quantitative estimate of drug-likeness (QED) is 0.923. The monoisotopic (exact) mass is 316 g/mol. The average molecular weight is 316 g/mol. The van der Waals surface area contributed by atoms with Gasteiger partial charge in [0, 0.05) is 13.1 Å². The molecule has 3 rings (SSSR count). The first-order chi connectivity index (χ1) is 11.2. The van der Waals surface area contributed by atoms with Gasteiger partial charge in [-0.05, 0) is 31.2 Å². The number of rotatable bonds is 3. The zero-order valence-corrected chi connectivity index (χ0v) is 14.0. The average Bonchev–Trinajstić information content (AvgIpc) is 2.61.